The van der Waals surface area contributed by atoms with E-state index in [1.807, 2.05) is 6.07 Å². The van der Waals surface area contributed by atoms with Crippen LogP contribution in [0.3, 0.4) is 0 Å². The van der Waals surface area contributed by atoms with Crippen LogP contribution in [0, 0.1) is 0 Å². The Morgan fingerprint density at radius 2 is 1.89 bits per heavy atom. The maximum Gasteiger partial charge on any atom is 0.337 e. The van der Waals surface area contributed by atoms with Gasteiger partial charge in [0.25, 0.3) is 0 Å². The van der Waals surface area contributed by atoms with E-state index in [0.717, 1.165) is 11.1 Å². The van der Waals surface area contributed by atoms with E-state index in [1.54, 1.807) is 36.4 Å². The summed E-state index contributed by atoms with van der Waals surface area (Å²) in [6.45, 7) is 0. The highest BCUT2D eigenvalue weighted by Crippen LogP contribution is 2.29. The second-order valence-corrected chi connectivity index (χ2v) is 4.15. The van der Waals surface area contributed by atoms with Crippen molar-refractivity contribution < 1.29 is 14.6 Å². The third kappa shape index (κ3) is 2.46. The first-order valence-electron chi connectivity index (χ1n) is 5.29. The van der Waals surface area contributed by atoms with Gasteiger partial charge in [-0.2, -0.15) is 0 Å². The predicted molar refractivity (Wildman–Crippen MR) is 69.9 cm³/mol. The molecule has 4 heteroatoms. The van der Waals surface area contributed by atoms with E-state index in [1.165, 1.54) is 7.11 Å². The Hall–Kier alpha value is -2.00. The Labute approximate surface area is 110 Å². The van der Waals surface area contributed by atoms with Gasteiger partial charge in [-0.1, -0.05) is 29.8 Å². The number of ether oxygens (including phenoxy) is 1. The molecule has 0 aliphatic heterocycles. The topological polar surface area (TPSA) is 46.5 Å². The molecule has 0 amide bonds. The highest BCUT2D eigenvalue weighted by molar-refractivity contribution is 6.32. The number of methoxy groups -OCH3 is 1. The maximum absolute atomic E-state index is 11.4. The summed E-state index contributed by atoms with van der Waals surface area (Å²) in [6, 6.07) is 11.9. The number of carbonyl (C=O) groups is 1. The van der Waals surface area contributed by atoms with Crippen molar-refractivity contribution in [2.75, 3.05) is 7.11 Å². The Kier molecular flexibility index (Phi) is 3.53. The third-order valence-corrected chi connectivity index (χ3v) is 2.88. The molecule has 92 valence electrons. The molecule has 2 rings (SSSR count). The number of carbonyl (C=O) groups excluding carboxylic acids is 1. The van der Waals surface area contributed by atoms with Crippen LogP contribution in [0.1, 0.15) is 10.4 Å². The van der Waals surface area contributed by atoms with Gasteiger partial charge in [0.05, 0.1) is 17.7 Å². The lowest BCUT2D eigenvalue weighted by Crippen LogP contribution is -2.00. The van der Waals surface area contributed by atoms with E-state index < -0.39 is 5.97 Å². The quantitative estimate of drug-likeness (QED) is 0.843. The van der Waals surface area contributed by atoms with Gasteiger partial charge in [-0.05, 0) is 35.4 Å². The van der Waals surface area contributed by atoms with Crippen molar-refractivity contribution in [2.24, 2.45) is 0 Å². The van der Waals surface area contributed by atoms with E-state index in [4.69, 9.17) is 11.6 Å². The zero-order chi connectivity index (χ0) is 13.1. The minimum atomic E-state index is -0.393. The average molecular weight is 263 g/mol. The first kappa shape index (κ1) is 12.5. The summed E-state index contributed by atoms with van der Waals surface area (Å²) in [4.78, 5) is 11.4. The van der Waals surface area contributed by atoms with E-state index in [-0.39, 0.29) is 5.75 Å². The Morgan fingerprint density at radius 1 is 1.17 bits per heavy atom. The minimum absolute atomic E-state index is 0.0117. The number of benzene rings is 2. The number of hydrogen-bond acceptors (Lipinski definition) is 3. The molecule has 0 spiro atoms. The van der Waals surface area contributed by atoms with Crippen molar-refractivity contribution in [2.45, 2.75) is 0 Å². The molecule has 0 fully saturated rings. The molecule has 0 aliphatic carbocycles. The second kappa shape index (κ2) is 5.10. The fourth-order valence-corrected chi connectivity index (χ4v) is 1.75. The van der Waals surface area contributed by atoms with Crippen LogP contribution < -0.4 is 0 Å². The van der Waals surface area contributed by atoms with Crippen LogP contribution in [-0.2, 0) is 4.74 Å². The van der Waals surface area contributed by atoms with Crippen LogP contribution in [0.2, 0.25) is 5.02 Å². The molecule has 0 saturated heterocycles. The molecule has 0 aliphatic rings. The summed E-state index contributed by atoms with van der Waals surface area (Å²) in [5.41, 5.74) is 2.05. The van der Waals surface area contributed by atoms with E-state index in [0.29, 0.717) is 10.6 Å². The van der Waals surface area contributed by atoms with Crippen molar-refractivity contribution in [1.29, 1.82) is 0 Å². The normalized spacial score (nSPS) is 10.1. The van der Waals surface area contributed by atoms with Crippen molar-refractivity contribution in [3.8, 4) is 16.9 Å². The summed E-state index contributed by atoms with van der Waals surface area (Å²) >= 11 is 5.75. The van der Waals surface area contributed by atoms with Crippen LogP contribution in [0.25, 0.3) is 11.1 Å². The zero-order valence-electron chi connectivity index (χ0n) is 9.68. The minimum Gasteiger partial charge on any atom is -0.506 e. The van der Waals surface area contributed by atoms with Gasteiger partial charge in [0, 0.05) is 0 Å². The van der Waals surface area contributed by atoms with Gasteiger partial charge in [-0.25, -0.2) is 4.79 Å². The summed E-state index contributed by atoms with van der Waals surface area (Å²) in [6.07, 6.45) is 0. The predicted octanol–water partition coefficient (Wildman–Crippen LogP) is 3.50. The summed E-state index contributed by atoms with van der Waals surface area (Å²) in [5, 5.41) is 9.86. The Bertz CT molecular complexity index is 593. The largest absolute Gasteiger partial charge is 0.506 e. The van der Waals surface area contributed by atoms with E-state index >= 15 is 0 Å². The van der Waals surface area contributed by atoms with Crippen LogP contribution in [0.5, 0.6) is 5.75 Å². The monoisotopic (exact) mass is 262 g/mol. The van der Waals surface area contributed by atoms with Gasteiger partial charge in [0.1, 0.15) is 5.75 Å². The third-order valence-electron chi connectivity index (χ3n) is 2.56. The number of rotatable bonds is 2. The zero-order valence-corrected chi connectivity index (χ0v) is 10.4. The lowest BCUT2D eigenvalue weighted by molar-refractivity contribution is 0.0601. The van der Waals surface area contributed by atoms with Gasteiger partial charge in [0.15, 0.2) is 0 Å². The highest BCUT2D eigenvalue weighted by Gasteiger charge is 2.08. The van der Waals surface area contributed by atoms with E-state index in [2.05, 4.69) is 4.74 Å². The van der Waals surface area contributed by atoms with Crippen molar-refractivity contribution in [3.05, 3.63) is 53.1 Å². The molecule has 0 heterocycles. The molecule has 0 unspecified atom stereocenters. The van der Waals surface area contributed by atoms with Crippen LogP contribution in [-0.4, -0.2) is 18.2 Å². The van der Waals surface area contributed by atoms with E-state index in [9.17, 15) is 9.90 Å². The van der Waals surface area contributed by atoms with Crippen LogP contribution >= 0.6 is 11.6 Å². The molecule has 0 aromatic heterocycles. The van der Waals surface area contributed by atoms with Gasteiger partial charge >= 0.3 is 5.97 Å². The van der Waals surface area contributed by atoms with Crippen LogP contribution in [0.15, 0.2) is 42.5 Å². The summed E-state index contributed by atoms with van der Waals surface area (Å²) < 4.78 is 4.66. The van der Waals surface area contributed by atoms with Gasteiger partial charge in [-0.15, -0.1) is 0 Å². The first-order chi connectivity index (χ1) is 8.61. The number of hydrogen-bond donors (Lipinski definition) is 1. The molecule has 18 heavy (non-hydrogen) atoms. The van der Waals surface area contributed by atoms with Crippen LogP contribution in [0.4, 0.5) is 0 Å². The Morgan fingerprint density at radius 3 is 2.56 bits per heavy atom. The lowest BCUT2D eigenvalue weighted by Gasteiger charge is -2.05. The molecule has 0 atom stereocenters. The number of aromatic hydroxyl groups is 1. The number of halogens is 1. The first-order valence-corrected chi connectivity index (χ1v) is 5.67. The molecular weight excluding hydrogens is 252 g/mol. The maximum atomic E-state index is 11.4. The number of phenolic OH excluding ortho intramolecular Hbond substituents is 1. The standard InChI is InChI=1S/C14H11ClO3/c1-18-14(17)11-4-2-3-9(7-11)10-5-6-12(15)13(16)8-10/h2-8,16H,1H3. The van der Waals surface area contributed by atoms with Gasteiger partial charge in [0.2, 0.25) is 0 Å². The number of phenols is 1. The molecule has 0 saturated carbocycles. The average Bonchev–Trinajstić information content (AvgIpc) is 2.41. The van der Waals surface area contributed by atoms with Gasteiger partial charge < -0.3 is 9.84 Å². The highest BCUT2D eigenvalue weighted by atomic mass is 35.5. The fraction of sp³-hybridized carbons (Fsp3) is 0.0714. The number of esters is 1. The fourth-order valence-electron chi connectivity index (χ4n) is 1.64. The molecule has 2 aromatic carbocycles. The molecular formula is C14H11ClO3. The molecule has 3 nitrogen and oxygen atoms in total. The summed E-state index contributed by atoms with van der Waals surface area (Å²) in [7, 11) is 1.34. The van der Waals surface area contributed by atoms with Crippen molar-refractivity contribution in [1.82, 2.24) is 0 Å². The van der Waals surface area contributed by atoms with Crippen molar-refractivity contribution >= 4 is 17.6 Å². The Balaban J connectivity index is 2.44. The molecule has 1 N–H and O–H groups in total. The summed E-state index contributed by atoms with van der Waals surface area (Å²) in [5.74, 6) is -0.382. The van der Waals surface area contributed by atoms with Gasteiger partial charge in [-0.3, -0.25) is 0 Å². The smallest absolute Gasteiger partial charge is 0.337 e. The molecule has 2 aromatic rings. The SMILES string of the molecule is COC(=O)c1cccc(-c2ccc(Cl)c(O)c2)c1. The molecule has 0 bridgehead atoms. The second-order valence-electron chi connectivity index (χ2n) is 3.74. The lowest BCUT2D eigenvalue weighted by atomic mass is 10.0. The molecule has 0 radical (unpaired) electrons. The van der Waals surface area contributed by atoms with Crippen molar-refractivity contribution in [3.63, 3.8) is 0 Å².